The number of benzene rings is 1. The van der Waals surface area contributed by atoms with E-state index in [1.165, 1.54) is 0 Å². The van der Waals surface area contributed by atoms with E-state index >= 15 is 0 Å². The molecule has 1 aliphatic heterocycles. The van der Waals surface area contributed by atoms with Crippen LogP contribution in [0.5, 0.6) is 0 Å². The van der Waals surface area contributed by atoms with Gasteiger partial charge < -0.3 is 15.5 Å². The first-order valence-corrected chi connectivity index (χ1v) is 8.14. The predicted molar refractivity (Wildman–Crippen MR) is 92.5 cm³/mol. The van der Waals surface area contributed by atoms with Crippen LogP contribution in [0.15, 0.2) is 18.2 Å². The molecule has 122 valence electrons. The summed E-state index contributed by atoms with van der Waals surface area (Å²) in [6.45, 7) is 14.1. The average molecular weight is 303 g/mol. The molecule has 4 heteroatoms. The highest BCUT2D eigenvalue weighted by atomic mass is 16.2. The Labute approximate surface area is 134 Å². The molecule has 1 heterocycles. The summed E-state index contributed by atoms with van der Waals surface area (Å²) < 4.78 is 0. The minimum Gasteiger partial charge on any atom is -0.384 e. The standard InChI is InChI=1S/C18H29N3O/c1-13-11-21(10-9-19-13)17(22)15-7-6-8-16(14(15)2)20-12-18(3,4)5/h6-8,13,19-20H,9-12H2,1-5H3/t13-/m1/s1. The van der Waals surface area contributed by atoms with Crippen molar-refractivity contribution in [1.29, 1.82) is 0 Å². The Morgan fingerprint density at radius 2 is 2.14 bits per heavy atom. The molecule has 1 saturated heterocycles. The summed E-state index contributed by atoms with van der Waals surface area (Å²) in [5.41, 5.74) is 3.13. The minimum absolute atomic E-state index is 0.144. The van der Waals surface area contributed by atoms with Crippen molar-refractivity contribution in [2.75, 3.05) is 31.5 Å². The summed E-state index contributed by atoms with van der Waals surface area (Å²) >= 11 is 0. The van der Waals surface area contributed by atoms with Crippen molar-refractivity contribution < 1.29 is 4.79 Å². The highest BCUT2D eigenvalue weighted by Gasteiger charge is 2.23. The first-order chi connectivity index (χ1) is 10.3. The fraction of sp³-hybridized carbons (Fsp3) is 0.611. The van der Waals surface area contributed by atoms with Crippen LogP contribution < -0.4 is 10.6 Å². The van der Waals surface area contributed by atoms with Crippen molar-refractivity contribution in [3.05, 3.63) is 29.3 Å². The van der Waals surface area contributed by atoms with Gasteiger partial charge in [0.1, 0.15) is 0 Å². The van der Waals surface area contributed by atoms with Crippen LogP contribution in [0.2, 0.25) is 0 Å². The molecule has 0 unspecified atom stereocenters. The van der Waals surface area contributed by atoms with E-state index in [1.54, 1.807) is 0 Å². The van der Waals surface area contributed by atoms with Crippen LogP contribution in [0.4, 0.5) is 5.69 Å². The second-order valence-electron chi connectivity index (χ2n) is 7.50. The normalized spacial score (nSPS) is 19.1. The number of carbonyl (C=O) groups is 1. The van der Waals surface area contributed by atoms with E-state index in [1.807, 2.05) is 24.0 Å². The van der Waals surface area contributed by atoms with Crippen LogP contribution in [0.25, 0.3) is 0 Å². The maximum atomic E-state index is 12.8. The number of piperazine rings is 1. The first kappa shape index (κ1) is 16.8. The van der Waals surface area contributed by atoms with Gasteiger partial charge in [-0.3, -0.25) is 4.79 Å². The van der Waals surface area contributed by atoms with E-state index in [4.69, 9.17) is 0 Å². The van der Waals surface area contributed by atoms with E-state index in [-0.39, 0.29) is 11.3 Å². The van der Waals surface area contributed by atoms with Crippen LogP contribution in [0.3, 0.4) is 0 Å². The topological polar surface area (TPSA) is 44.4 Å². The molecule has 2 rings (SSSR count). The number of anilines is 1. The monoisotopic (exact) mass is 303 g/mol. The summed E-state index contributed by atoms with van der Waals surface area (Å²) in [4.78, 5) is 14.7. The Kier molecular flexibility index (Phi) is 5.12. The van der Waals surface area contributed by atoms with Gasteiger partial charge in [0.15, 0.2) is 0 Å². The van der Waals surface area contributed by atoms with Gasteiger partial charge in [0, 0.05) is 43.5 Å². The molecular formula is C18H29N3O. The summed E-state index contributed by atoms with van der Waals surface area (Å²) in [7, 11) is 0. The van der Waals surface area contributed by atoms with E-state index in [2.05, 4.69) is 44.4 Å². The Hall–Kier alpha value is -1.55. The van der Waals surface area contributed by atoms with Crippen molar-refractivity contribution in [3.63, 3.8) is 0 Å². The molecule has 1 fully saturated rings. The molecule has 22 heavy (non-hydrogen) atoms. The number of carbonyl (C=O) groups excluding carboxylic acids is 1. The van der Waals surface area contributed by atoms with Crippen LogP contribution in [0.1, 0.15) is 43.6 Å². The molecule has 0 radical (unpaired) electrons. The number of nitrogens with one attached hydrogen (secondary N) is 2. The van der Waals surface area contributed by atoms with E-state index in [9.17, 15) is 4.79 Å². The lowest BCUT2D eigenvalue weighted by Gasteiger charge is -2.32. The third-order valence-corrected chi connectivity index (χ3v) is 4.03. The van der Waals surface area contributed by atoms with Gasteiger partial charge in [0.2, 0.25) is 0 Å². The maximum absolute atomic E-state index is 12.8. The second kappa shape index (κ2) is 6.69. The smallest absolute Gasteiger partial charge is 0.254 e. The van der Waals surface area contributed by atoms with Gasteiger partial charge >= 0.3 is 0 Å². The number of hydrogen-bond donors (Lipinski definition) is 2. The SMILES string of the molecule is Cc1c(NCC(C)(C)C)cccc1C(=O)N1CCN[C@H](C)C1. The van der Waals surface area contributed by atoms with Crippen LogP contribution in [0, 0.1) is 12.3 Å². The zero-order valence-corrected chi connectivity index (χ0v) is 14.5. The summed E-state index contributed by atoms with van der Waals surface area (Å²) in [5, 5.41) is 6.85. The van der Waals surface area contributed by atoms with E-state index < -0.39 is 0 Å². The molecular weight excluding hydrogens is 274 g/mol. The largest absolute Gasteiger partial charge is 0.384 e. The lowest BCUT2D eigenvalue weighted by molar-refractivity contribution is 0.0708. The van der Waals surface area contributed by atoms with Gasteiger partial charge in [-0.15, -0.1) is 0 Å². The van der Waals surface area contributed by atoms with Crippen molar-refractivity contribution >= 4 is 11.6 Å². The van der Waals surface area contributed by atoms with Crippen LogP contribution in [-0.2, 0) is 0 Å². The average Bonchev–Trinajstić information content (AvgIpc) is 2.44. The molecule has 1 aromatic carbocycles. The van der Waals surface area contributed by atoms with Crippen molar-refractivity contribution in [2.45, 2.75) is 40.7 Å². The lowest BCUT2D eigenvalue weighted by Crippen LogP contribution is -2.51. The number of hydrogen-bond acceptors (Lipinski definition) is 3. The fourth-order valence-electron chi connectivity index (χ4n) is 2.71. The first-order valence-electron chi connectivity index (χ1n) is 8.14. The minimum atomic E-state index is 0.144. The molecule has 0 aliphatic carbocycles. The number of rotatable bonds is 3. The zero-order chi connectivity index (χ0) is 16.3. The molecule has 1 aromatic rings. The molecule has 2 N–H and O–H groups in total. The summed E-state index contributed by atoms with van der Waals surface area (Å²) in [6, 6.07) is 6.32. The molecule has 0 saturated carbocycles. The highest BCUT2D eigenvalue weighted by Crippen LogP contribution is 2.23. The van der Waals surface area contributed by atoms with Gasteiger partial charge in [-0.2, -0.15) is 0 Å². The molecule has 1 aliphatic rings. The second-order valence-corrected chi connectivity index (χ2v) is 7.50. The number of nitrogens with zero attached hydrogens (tertiary/aromatic N) is 1. The Bertz CT molecular complexity index is 534. The highest BCUT2D eigenvalue weighted by molar-refractivity contribution is 5.97. The summed E-state index contributed by atoms with van der Waals surface area (Å²) in [5.74, 6) is 0.144. The summed E-state index contributed by atoms with van der Waals surface area (Å²) in [6.07, 6.45) is 0. The van der Waals surface area contributed by atoms with Gasteiger partial charge in [0.05, 0.1) is 0 Å². The molecule has 0 spiro atoms. The van der Waals surface area contributed by atoms with E-state index in [0.717, 1.165) is 43.0 Å². The zero-order valence-electron chi connectivity index (χ0n) is 14.5. The lowest BCUT2D eigenvalue weighted by atomic mass is 9.96. The predicted octanol–water partition coefficient (Wildman–Crippen LogP) is 2.89. The van der Waals surface area contributed by atoms with Crippen LogP contribution >= 0.6 is 0 Å². The fourth-order valence-corrected chi connectivity index (χ4v) is 2.71. The Morgan fingerprint density at radius 1 is 1.41 bits per heavy atom. The van der Waals surface area contributed by atoms with Crippen molar-refractivity contribution in [3.8, 4) is 0 Å². The van der Waals surface area contributed by atoms with Crippen LogP contribution in [-0.4, -0.2) is 43.0 Å². The van der Waals surface area contributed by atoms with Gasteiger partial charge in [-0.05, 0) is 37.0 Å². The van der Waals surface area contributed by atoms with Crippen molar-refractivity contribution in [2.24, 2.45) is 5.41 Å². The third-order valence-electron chi connectivity index (χ3n) is 4.03. The Morgan fingerprint density at radius 3 is 2.77 bits per heavy atom. The molecule has 1 amide bonds. The molecule has 0 aromatic heterocycles. The molecule has 0 bridgehead atoms. The number of amides is 1. The van der Waals surface area contributed by atoms with Gasteiger partial charge in [0.25, 0.3) is 5.91 Å². The maximum Gasteiger partial charge on any atom is 0.254 e. The molecule has 1 atom stereocenters. The van der Waals surface area contributed by atoms with Gasteiger partial charge in [-0.25, -0.2) is 0 Å². The van der Waals surface area contributed by atoms with E-state index in [0.29, 0.717) is 6.04 Å². The molecule has 4 nitrogen and oxygen atoms in total. The third kappa shape index (κ3) is 4.23. The quantitative estimate of drug-likeness (QED) is 0.902. The van der Waals surface area contributed by atoms with Gasteiger partial charge in [-0.1, -0.05) is 26.8 Å². The Balaban J connectivity index is 2.15. The van der Waals surface area contributed by atoms with Crippen molar-refractivity contribution in [1.82, 2.24) is 10.2 Å².